The molecule has 2 rings (SSSR count). The SMILES string of the molecule is CCCCC[C@H](c1ccc(O)c(F)c1)N1CCNCC1. The van der Waals surface area contributed by atoms with Crippen LogP contribution < -0.4 is 5.32 Å². The minimum absolute atomic E-state index is 0.263. The Morgan fingerprint density at radius 3 is 2.70 bits per heavy atom. The van der Waals surface area contributed by atoms with Gasteiger partial charge in [0.2, 0.25) is 0 Å². The molecule has 0 bridgehead atoms. The van der Waals surface area contributed by atoms with E-state index in [1.807, 2.05) is 6.07 Å². The third kappa shape index (κ3) is 3.93. The Morgan fingerprint density at radius 1 is 1.30 bits per heavy atom. The second-order valence-electron chi connectivity index (χ2n) is 5.51. The van der Waals surface area contributed by atoms with Gasteiger partial charge < -0.3 is 10.4 Å². The Morgan fingerprint density at radius 2 is 2.05 bits per heavy atom. The maximum atomic E-state index is 13.6. The van der Waals surface area contributed by atoms with Gasteiger partial charge in [0.05, 0.1) is 0 Å². The van der Waals surface area contributed by atoms with E-state index in [-0.39, 0.29) is 11.8 Å². The normalized spacial score (nSPS) is 18.1. The second kappa shape index (κ2) is 7.60. The number of nitrogens with one attached hydrogen (secondary N) is 1. The average Bonchev–Trinajstić information content (AvgIpc) is 2.48. The van der Waals surface area contributed by atoms with Crippen LogP contribution in [0.4, 0.5) is 4.39 Å². The lowest BCUT2D eigenvalue weighted by molar-refractivity contribution is 0.162. The largest absolute Gasteiger partial charge is 0.505 e. The molecular weight excluding hydrogens is 255 g/mol. The smallest absolute Gasteiger partial charge is 0.165 e. The van der Waals surface area contributed by atoms with Gasteiger partial charge in [-0.2, -0.15) is 0 Å². The van der Waals surface area contributed by atoms with E-state index in [1.165, 1.54) is 25.0 Å². The topological polar surface area (TPSA) is 35.5 Å². The first kappa shape index (κ1) is 15.3. The summed E-state index contributed by atoms with van der Waals surface area (Å²) < 4.78 is 13.6. The van der Waals surface area contributed by atoms with Gasteiger partial charge in [-0.15, -0.1) is 0 Å². The predicted molar refractivity (Wildman–Crippen MR) is 79.4 cm³/mol. The highest BCUT2D eigenvalue weighted by Gasteiger charge is 2.22. The lowest BCUT2D eigenvalue weighted by Crippen LogP contribution is -2.45. The number of hydrogen-bond acceptors (Lipinski definition) is 3. The van der Waals surface area contributed by atoms with E-state index in [0.29, 0.717) is 0 Å². The van der Waals surface area contributed by atoms with Gasteiger partial charge in [-0.25, -0.2) is 4.39 Å². The minimum Gasteiger partial charge on any atom is -0.505 e. The molecule has 1 atom stereocenters. The third-order valence-electron chi connectivity index (χ3n) is 4.03. The van der Waals surface area contributed by atoms with Crippen molar-refractivity contribution in [2.75, 3.05) is 26.2 Å². The van der Waals surface area contributed by atoms with E-state index in [4.69, 9.17) is 0 Å². The molecule has 1 heterocycles. The Labute approximate surface area is 120 Å². The van der Waals surface area contributed by atoms with E-state index in [2.05, 4.69) is 17.1 Å². The first-order valence-electron chi connectivity index (χ1n) is 7.65. The quantitative estimate of drug-likeness (QED) is 0.786. The highest BCUT2D eigenvalue weighted by Crippen LogP contribution is 2.29. The van der Waals surface area contributed by atoms with Crippen molar-refractivity contribution in [2.24, 2.45) is 0 Å². The number of piperazine rings is 1. The molecule has 0 saturated carbocycles. The van der Waals surface area contributed by atoms with Crippen molar-refractivity contribution in [3.8, 4) is 5.75 Å². The highest BCUT2D eigenvalue weighted by atomic mass is 19.1. The lowest BCUT2D eigenvalue weighted by Gasteiger charge is -2.35. The molecule has 1 aromatic carbocycles. The first-order chi connectivity index (χ1) is 9.72. The van der Waals surface area contributed by atoms with Crippen molar-refractivity contribution < 1.29 is 9.50 Å². The number of halogens is 1. The Kier molecular flexibility index (Phi) is 5.80. The first-order valence-corrected chi connectivity index (χ1v) is 7.65. The van der Waals surface area contributed by atoms with Crippen molar-refractivity contribution >= 4 is 0 Å². The summed E-state index contributed by atoms with van der Waals surface area (Å²) in [4.78, 5) is 2.43. The van der Waals surface area contributed by atoms with Gasteiger partial charge in [0.25, 0.3) is 0 Å². The fourth-order valence-corrected chi connectivity index (χ4v) is 2.87. The van der Waals surface area contributed by atoms with Crippen LogP contribution >= 0.6 is 0 Å². The van der Waals surface area contributed by atoms with Gasteiger partial charge in [-0.05, 0) is 24.1 Å². The third-order valence-corrected chi connectivity index (χ3v) is 4.03. The molecule has 112 valence electrons. The predicted octanol–water partition coefficient (Wildman–Crippen LogP) is 3.06. The summed E-state index contributed by atoms with van der Waals surface area (Å²) in [6.45, 7) is 6.17. The zero-order valence-corrected chi connectivity index (χ0v) is 12.2. The number of phenols is 1. The molecule has 0 spiro atoms. The summed E-state index contributed by atoms with van der Waals surface area (Å²) in [6.07, 6.45) is 4.62. The maximum Gasteiger partial charge on any atom is 0.165 e. The van der Waals surface area contributed by atoms with Crippen LogP contribution in [-0.2, 0) is 0 Å². The van der Waals surface area contributed by atoms with Gasteiger partial charge in [-0.1, -0.05) is 32.3 Å². The van der Waals surface area contributed by atoms with E-state index in [0.717, 1.165) is 44.6 Å². The number of nitrogens with zero attached hydrogens (tertiary/aromatic N) is 1. The Balaban J connectivity index is 2.12. The molecule has 1 aliphatic rings. The molecule has 1 aromatic rings. The summed E-state index contributed by atoms with van der Waals surface area (Å²) in [5, 5.41) is 12.7. The monoisotopic (exact) mass is 280 g/mol. The van der Waals surface area contributed by atoms with Crippen LogP contribution in [0.5, 0.6) is 5.75 Å². The zero-order chi connectivity index (χ0) is 14.4. The molecule has 0 aromatic heterocycles. The van der Waals surface area contributed by atoms with E-state index >= 15 is 0 Å². The number of benzene rings is 1. The molecule has 0 unspecified atom stereocenters. The standard InChI is InChI=1S/C16H25FN2O/c1-2-3-4-5-15(19-10-8-18-9-11-19)13-6-7-16(20)14(17)12-13/h6-7,12,15,18,20H,2-5,8-11H2,1H3/t15-/m1/s1. The lowest BCUT2D eigenvalue weighted by atomic mass is 9.98. The van der Waals surface area contributed by atoms with Gasteiger partial charge in [0.15, 0.2) is 11.6 Å². The van der Waals surface area contributed by atoms with Crippen molar-refractivity contribution in [3.05, 3.63) is 29.6 Å². The van der Waals surface area contributed by atoms with Crippen LogP contribution in [0.2, 0.25) is 0 Å². The number of rotatable bonds is 6. The minimum atomic E-state index is -0.516. The fourth-order valence-electron chi connectivity index (χ4n) is 2.87. The molecule has 0 aliphatic carbocycles. The molecule has 20 heavy (non-hydrogen) atoms. The molecule has 1 aliphatic heterocycles. The maximum absolute atomic E-state index is 13.6. The molecule has 3 nitrogen and oxygen atoms in total. The molecule has 1 saturated heterocycles. The van der Waals surface area contributed by atoms with Gasteiger partial charge in [0.1, 0.15) is 0 Å². The summed E-state index contributed by atoms with van der Waals surface area (Å²) in [7, 11) is 0. The molecular formula is C16H25FN2O. The molecule has 4 heteroatoms. The Hall–Kier alpha value is -1.13. The van der Waals surface area contributed by atoms with Crippen molar-refractivity contribution in [1.29, 1.82) is 0 Å². The van der Waals surface area contributed by atoms with Crippen LogP contribution in [0.1, 0.15) is 44.2 Å². The van der Waals surface area contributed by atoms with Crippen molar-refractivity contribution in [1.82, 2.24) is 10.2 Å². The summed E-state index contributed by atoms with van der Waals surface area (Å²) in [6, 6.07) is 5.09. The summed E-state index contributed by atoms with van der Waals surface area (Å²) in [5.74, 6) is -0.778. The molecule has 1 fully saturated rings. The van der Waals surface area contributed by atoms with Gasteiger partial charge in [-0.3, -0.25) is 4.90 Å². The van der Waals surface area contributed by atoms with E-state index in [9.17, 15) is 9.50 Å². The van der Waals surface area contributed by atoms with Crippen LogP contribution in [0, 0.1) is 5.82 Å². The molecule has 0 amide bonds. The summed E-state index contributed by atoms with van der Waals surface area (Å²) >= 11 is 0. The Bertz CT molecular complexity index is 419. The highest BCUT2D eigenvalue weighted by molar-refractivity contribution is 5.30. The number of unbranched alkanes of at least 4 members (excludes halogenated alkanes) is 2. The second-order valence-corrected chi connectivity index (χ2v) is 5.51. The van der Waals surface area contributed by atoms with Gasteiger partial charge in [0, 0.05) is 32.2 Å². The van der Waals surface area contributed by atoms with Crippen LogP contribution in [0.25, 0.3) is 0 Å². The zero-order valence-electron chi connectivity index (χ0n) is 12.2. The van der Waals surface area contributed by atoms with Crippen molar-refractivity contribution in [2.45, 2.75) is 38.6 Å². The number of aromatic hydroxyl groups is 1. The molecule has 0 radical (unpaired) electrons. The van der Waals surface area contributed by atoms with E-state index in [1.54, 1.807) is 0 Å². The number of phenolic OH excluding ortho intramolecular Hbond substituents is 1. The molecule has 2 N–H and O–H groups in total. The van der Waals surface area contributed by atoms with E-state index < -0.39 is 5.82 Å². The van der Waals surface area contributed by atoms with Gasteiger partial charge >= 0.3 is 0 Å². The van der Waals surface area contributed by atoms with Crippen LogP contribution in [0.15, 0.2) is 18.2 Å². The fraction of sp³-hybridized carbons (Fsp3) is 0.625. The summed E-state index contributed by atoms with van der Waals surface area (Å²) in [5.41, 5.74) is 0.985. The van der Waals surface area contributed by atoms with Crippen molar-refractivity contribution in [3.63, 3.8) is 0 Å². The average molecular weight is 280 g/mol. The number of hydrogen-bond donors (Lipinski definition) is 2. The van der Waals surface area contributed by atoms with Crippen LogP contribution in [0.3, 0.4) is 0 Å². The van der Waals surface area contributed by atoms with Crippen LogP contribution in [-0.4, -0.2) is 36.2 Å².